The SMILES string of the molecule is C[Si](C)(C)OC(=S)CCCCCNC(=O)OCC1c2ccccc2-c2ccccc21. The molecule has 6 heteroatoms. The Morgan fingerprint density at radius 3 is 2.17 bits per heavy atom. The van der Waals surface area contributed by atoms with Gasteiger partial charge in [-0.1, -0.05) is 55.0 Å². The van der Waals surface area contributed by atoms with Gasteiger partial charge in [0, 0.05) is 18.9 Å². The molecule has 0 heterocycles. The van der Waals surface area contributed by atoms with Crippen LogP contribution >= 0.6 is 12.2 Å². The highest BCUT2D eigenvalue weighted by Gasteiger charge is 2.28. The predicted octanol–water partition coefficient (Wildman–Crippen LogP) is 6.26. The fraction of sp³-hybridized carbons (Fsp3) is 0.417. The second kappa shape index (κ2) is 10.2. The quantitative estimate of drug-likeness (QED) is 0.283. The summed E-state index contributed by atoms with van der Waals surface area (Å²) in [4.78, 5) is 12.2. The molecule has 0 saturated carbocycles. The third-order valence-corrected chi connectivity index (χ3v) is 6.38. The van der Waals surface area contributed by atoms with E-state index in [1.165, 1.54) is 22.3 Å². The largest absolute Gasteiger partial charge is 0.540 e. The van der Waals surface area contributed by atoms with Crippen molar-refractivity contribution in [2.24, 2.45) is 0 Å². The van der Waals surface area contributed by atoms with Crippen molar-refractivity contribution >= 4 is 31.7 Å². The van der Waals surface area contributed by atoms with E-state index in [1.807, 2.05) is 12.1 Å². The fourth-order valence-corrected chi connectivity index (χ4v) is 5.48. The number of rotatable bonds is 9. The van der Waals surface area contributed by atoms with Gasteiger partial charge in [-0.05, 0) is 67.0 Å². The van der Waals surface area contributed by atoms with Crippen molar-refractivity contribution in [3.05, 3.63) is 59.7 Å². The van der Waals surface area contributed by atoms with Gasteiger partial charge in [-0.25, -0.2) is 4.79 Å². The second-order valence-corrected chi connectivity index (χ2v) is 13.5. The molecule has 1 amide bonds. The first-order valence-electron chi connectivity index (χ1n) is 10.7. The fourth-order valence-electron chi connectivity index (χ4n) is 3.80. The lowest BCUT2D eigenvalue weighted by Crippen LogP contribution is -2.28. The summed E-state index contributed by atoms with van der Waals surface area (Å²) in [5.41, 5.74) is 4.92. The first-order chi connectivity index (χ1) is 14.3. The van der Waals surface area contributed by atoms with Gasteiger partial charge in [0.1, 0.15) is 11.7 Å². The maximum absolute atomic E-state index is 12.2. The summed E-state index contributed by atoms with van der Waals surface area (Å²) in [6.07, 6.45) is 3.34. The Bertz CT molecular complexity index is 849. The van der Waals surface area contributed by atoms with Crippen molar-refractivity contribution in [3.8, 4) is 11.1 Å². The molecule has 1 aliphatic rings. The molecule has 2 aromatic carbocycles. The molecule has 0 radical (unpaired) electrons. The lowest BCUT2D eigenvalue weighted by molar-refractivity contribution is 0.143. The Kier molecular flexibility index (Phi) is 7.67. The van der Waals surface area contributed by atoms with Crippen molar-refractivity contribution in [3.63, 3.8) is 0 Å². The normalized spacial score (nSPS) is 12.8. The van der Waals surface area contributed by atoms with Crippen LogP contribution < -0.4 is 5.32 Å². The minimum absolute atomic E-state index is 0.0931. The topological polar surface area (TPSA) is 47.6 Å². The van der Waals surface area contributed by atoms with E-state index < -0.39 is 8.32 Å². The van der Waals surface area contributed by atoms with E-state index in [2.05, 4.69) is 61.4 Å². The molecule has 0 saturated heterocycles. The lowest BCUT2D eigenvalue weighted by atomic mass is 9.98. The summed E-state index contributed by atoms with van der Waals surface area (Å²) in [7, 11) is -1.59. The number of carbonyl (C=O) groups is 1. The van der Waals surface area contributed by atoms with Gasteiger partial charge in [-0.15, -0.1) is 0 Å². The monoisotopic (exact) mass is 441 g/mol. The molecule has 0 aliphatic heterocycles. The molecule has 0 spiro atoms. The van der Waals surface area contributed by atoms with Gasteiger partial charge in [-0.2, -0.15) is 0 Å². The summed E-state index contributed by atoms with van der Waals surface area (Å²) in [5.74, 6) is 0.0931. The Morgan fingerprint density at radius 2 is 1.57 bits per heavy atom. The molecule has 0 aromatic heterocycles. The van der Waals surface area contributed by atoms with E-state index in [0.29, 0.717) is 13.2 Å². The van der Waals surface area contributed by atoms with E-state index in [-0.39, 0.29) is 12.0 Å². The van der Waals surface area contributed by atoms with Gasteiger partial charge >= 0.3 is 6.09 Å². The second-order valence-electron chi connectivity index (χ2n) is 8.65. The zero-order valence-corrected chi connectivity index (χ0v) is 19.9. The van der Waals surface area contributed by atoms with Crippen LogP contribution in [0.5, 0.6) is 0 Å². The lowest BCUT2D eigenvalue weighted by Gasteiger charge is -2.19. The van der Waals surface area contributed by atoms with E-state index in [9.17, 15) is 4.79 Å². The van der Waals surface area contributed by atoms with Crippen molar-refractivity contribution < 1.29 is 14.0 Å². The Hall–Kier alpha value is -2.18. The number of unbranched alkanes of at least 4 members (excludes halogenated alkanes) is 2. The minimum Gasteiger partial charge on any atom is -0.540 e. The third-order valence-electron chi connectivity index (χ3n) is 5.09. The average molecular weight is 442 g/mol. The zero-order valence-electron chi connectivity index (χ0n) is 18.1. The minimum atomic E-state index is -1.59. The highest BCUT2D eigenvalue weighted by molar-refractivity contribution is 7.80. The first-order valence-corrected chi connectivity index (χ1v) is 14.5. The van der Waals surface area contributed by atoms with Gasteiger partial charge in [-0.3, -0.25) is 0 Å². The third kappa shape index (κ3) is 6.16. The van der Waals surface area contributed by atoms with Gasteiger partial charge in [0.25, 0.3) is 0 Å². The molecule has 4 nitrogen and oxygen atoms in total. The van der Waals surface area contributed by atoms with E-state index in [1.54, 1.807) is 0 Å². The zero-order chi connectivity index (χ0) is 21.6. The molecule has 3 rings (SSSR count). The van der Waals surface area contributed by atoms with E-state index in [4.69, 9.17) is 21.4 Å². The van der Waals surface area contributed by atoms with Crippen molar-refractivity contribution in [1.82, 2.24) is 5.32 Å². The summed E-state index contributed by atoms with van der Waals surface area (Å²) in [6.45, 7) is 7.37. The van der Waals surface area contributed by atoms with Crippen LogP contribution in [0.3, 0.4) is 0 Å². The summed E-state index contributed by atoms with van der Waals surface area (Å²) < 4.78 is 11.3. The Morgan fingerprint density at radius 1 is 0.967 bits per heavy atom. The number of hydrogen-bond donors (Lipinski definition) is 1. The van der Waals surface area contributed by atoms with Crippen LogP contribution in [0.1, 0.15) is 42.7 Å². The van der Waals surface area contributed by atoms with Crippen LogP contribution in [0.15, 0.2) is 48.5 Å². The summed E-state index contributed by atoms with van der Waals surface area (Å²) in [5, 5.41) is 3.58. The molecule has 0 bridgehead atoms. The molecule has 0 fully saturated rings. The Balaban J connectivity index is 1.37. The summed E-state index contributed by atoms with van der Waals surface area (Å²) >= 11 is 5.29. The number of thiocarbonyl (C=S) groups is 1. The van der Waals surface area contributed by atoms with Crippen LogP contribution in [0.4, 0.5) is 4.79 Å². The number of amides is 1. The number of nitrogens with one attached hydrogen (secondary N) is 1. The van der Waals surface area contributed by atoms with E-state index in [0.717, 1.165) is 30.7 Å². The molecule has 160 valence electrons. The highest BCUT2D eigenvalue weighted by Crippen LogP contribution is 2.44. The van der Waals surface area contributed by atoms with Crippen LogP contribution in [-0.4, -0.2) is 32.6 Å². The molecule has 0 unspecified atom stereocenters. The predicted molar refractivity (Wildman–Crippen MR) is 129 cm³/mol. The molecule has 30 heavy (non-hydrogen) atoms. The molecule has 1 aliphatic carbocycles. The van der Waals surface area contributed by atoms with Crippen molar-refractivity contribution in [2.45, 2.75) is 51.2 Å². The van der Waals surface area contributed by atoms with Crippen LogP contribution in [0.2, 0.25) is 19.6 Å². The standard InChI is InChI=1S/C24H31NO3SSi/c1-30(2,3)28-23(29)15-5-4-10-16-25-24(26)27-17-22-20-13-8-6-11-18(20)19-12-7-9-14-21(19)22/h6-9,11-14,22H,4-5,10,15-17H2,1-3H3,(H,25,26). The van der Waals surface area contributed by atoms with Crippen LogP contribution in [0, 0.1) is 0 Å². The maximum atomic E-state index is 12.2. The maximum Gasteiger partial charge on any atom is 0.407 e. The molecule has 0 atom stereocenters. The van der Waals surface area contributed by atoms with Gasteiger partial charge in [0.15, 0.2) is 0 Å². The van der Waals surface area contributed by atoms with Crippen molar-refractivity contribution in [1.29, 1.82) is 0 Å². The van der Waals surface area contributed by atoms with E-state index >= 15 is 0 Å². The number of benzene rings is 2. The first kappa shape index (κ1) is 22.5. The number of alkyl carbamates (subject to hydrolysis) is 1. The number of hydrogen-bond acceptors (Lipinski definition) is 4. The number of fused-ring (bicyclic) bond motifs is 3. The highest BCUT2D eigenvalue weighted by atomic mass is 32.1. The molecular formula is C24H31NO3SSi. The number of ether oxygens (including phenoxy) is 1. The summed E-state index contributed by atoms with van der Waals surface area (Å²) in [6, 6.07) is 16.7. The number of carbonyl (C=O) groups excluding carboxylic acids is 1. The average Bonchev–Trinajstić information content (AvgIpc) is 3.01. The molecular weight excluding hydrogens is 410 g/mol. The Labute approximate surface area is 186 Å². The van der Waals surface area contributed by atoms with Gasteiger partial charge in [0.05, 0.1) is 0 Å². The van der Waals surface area contributed by atoms with Crippen LogP contribution in [0.25, 0.3) is 11.1 Å². The van der Waals surface area contributed by atoms with Crippen LogP contribution in [-0.2, 0) is 9.16 Å². The van der Waals surface area contributed by atoms with Gasteiger partial charge in [0.2, 0.25) is 8.32 Å². The molecule has 1 N–H and O–H groups in total. The van der Waals surface area contributed by atoms with Gasteiger partial charge < -0.3 is 14.5 Å². The van der Waals surface area contributed by atoms with Crippen molar-refractivity contribution in [2.75, 3.05) is 13.2 Å². The smallest absolute Gasteiger partial charge is 0.407 e. The molecule has 2 aromatic rings.